The zero-order valence-corrected chi connectivity index (χ0v) is 21.0. The highest BCUT2D eigenvalue weighted by molar-refractivity contribution is 9.10. The van der Waals surface area contributed by atoms with Gasteiger partial charge in [0.2, 0.25) is 5.91 Å². The molecule has 0 bridgehead atoms. The molecule has 0 saturated carbocycles. The molecule has 0 aromatic carbocycles. The van der Waals surface area contributed by atoms with Crippen LogP contribution in [0.15, 0.2) is 16.7 Å². The number of fused-ring (bicyclic) bond motifs is 1. The Morgan fingerprint density at radius 3 is 3.00 bits per heavy atom. The molecule has 6 nitrogen and oxygen atoms in total. The summed E-state index contributed by atoms with van der Waals surface area (Å²) in [7, 11) is 1.75. The molecule has 0 spiro atoms. The lowest BCUT2D eigenvalue weighted by Gasteiger charge is -2.41. The summed E-state index contributed by atoms with van der Waals surface area (Å²) in [5.74, 6) is 0.596. The van der Waals surface area contributed by atoms with Crippen molar-refractivity contribution in [1.29, 1.82) is 0 Å². The van der Waals surface area contributed by atoms with E-state index in [9.17, 15) is 4.79 Å². The van der Waals surface area contributed by atoms with E-state index in [4.69, 9.17) is 9.47 Å². The minimum Gasteiger partial charge on any atom is -0.379 e. The standard InChI is InChI=1S/C24H38BrN3O3/c1-5-24(17(2)3,9-6-10-26-21-8-12-31-16-22(21)30-4)23(29)28-11-7-20-18(15-28)13-19(25)14-27-20/h13-14,17,21-22,26H,5-12,15-16H2,1-4H3/t21?,22?,24-/m1/s1. The first-order valence-corrected chi connectivity index (χ1v) is 12.5. The predicted molar refractivity (Wildman–Crippen MR) is 126 cm³/mol. The molecule has 3 heterocycles. The molecule has 7 heteroatoms. The fourth-order valence-corrected chi connectivity index (χ4v) is 5.51. The minimum atomic E-state index is -0.324. The number of amides is 1. The third-order valence-electron chi connectivity index (χ3n) is 7.27. The average molecular weight is 496 g/mol. The third-order valence-corrected chi connectivity index (χ3v) is 7.70. The van der Waals surface area contributed by atoms with Crippen LogP contribution >= 0.6 is 15.9 Å². The van der Waals surface area contributed by atoms with Gasteiger partial charge in [-0.1, -0.05) is 20.8 Å². The number of nitrogens with zero attached hydrogens (tertiary/aromatic N) is 2. The summed E-state index contributed by atoms with van der Waals surface area (Å²) in [6.07, 6.45) is 6.49. The summed E-state index contributed by atoms with van der Waals surface area (Å²) in [6.45, 7) is 10.3. The fourth-order valence-electron chi connectivity index (χ4n) is 5.13. The lowest BCUT2D eigenvalue weighted by molar-refractivity contribution is -0.147. The van der Waals surface area contributed by atoms with Crippen molar-refractivity contribution in [2.75, 3.05) is 33.4 Å². The molecule has 1 saturated heterocycles. The molecule has 1 amide bonds. The zero-order chi connectivity index (χ0) is 22.4. The summed E-state index contributed by atoms with van der Waals surface area (Å²) in [5, 5.41) is 3.65. The van der Waals surface area contributed by atoms with Gasteiger partial charge in [0.15, 0.2) is 0 Å². The molecule has 3 rings (SSSR count). The number of carbonyl (C=O) groups excluding carboxylic acids is 1. The van der Waals surface area contributed by atoms with E-state index >= 15 is 0 Å². The highest BCUT2D eigenvalue weighted by atomic mass is 79.9. The van der Waals surface area contributed by atoms with Crippen LogP contribution in [0.2, 0.25) is 0 Å². The van der Waals surface area contributed by atoms with Crippen molar-refractivity contribution >= 4 is 21.8 Å². The van der Waals surface area contributed by atoms with Gasteiger partial charge in [0.25, 0.3) is 0 Å². The average Bonchev–Trinajstić information content (AvgIpc) is 2.78. The summed E-state index contributed by atoms with van der Waals surface area (Å²) >= 11 is 3.52. The fraction of sp³-hybridized carbons (Fsp3) is 0.750. The predicted octanol–water partition coefficient (Wildman–Crippen LogP) is 3.95. The number of hydrogen-bond acceptors (Lipinski definition) is 5. The minimum absolute atomic E-state index is 0.109. The maximum absolute atomic E-state index is 13.8. The first-order chi connectivity index (χ1) is 14.9. The molecule has 1 aromatic heterocycles. The SMILES string of the molecule is CC[C@](CCCNC1CCOCC1OC)(C(=O)N1CCc2ncc(Br)cc2C1)C(C)C. The number of carbonyl (C=O) groups is 1. The first kappa shape index (κ1) is 24.6. The number of hydrogen-bond donors (Lipinski definition) is 1. The maximum atomic E-state index is 13.8. The van der Waals surface area contributed by atoms with E-state index in [-0.39, 0.29) is 11.5 Å². The molecular weight excluding hydrogens is 458 g/mol. The normalized spacial score (nSPS) is 23.5. The summed E-state index contributed by atoms with van der Waals surface area (Å²) < 4.78 is 12.1. The van der Waals surface area contributed by atoms with Crippen molar-refractivity contribution in [3.63, 3.8) is 0 Å². The maximum Gasteiger partial charge on any atom is 0.229 e. The first-order valence-electron chi connectivity index (χ1n) is 11.7. The van der Waals surface area contributed by atoms with Gasteiger partial charge in [-0.05, 0) is 65.7 Å². The van der Waals surface area contributed by atoms with Crippen LogP contribution in [0.4, 0.5) is 0 Å². The Hall–Kier alpha value is -1.02. The number of rotatable bonds is 9. The Morgan fingerprint density at radius 1 is 1.48 bits per heavy atom. The Labute approximate surface area is 195 Å². The van der Waals surface area contributed by atoms with Crippen LogP contribution in [-0.4, -0.2) is 61.3 Å². The number of nitrogens with one attached hydrogen (secondary N) is 1. The molecule has 0 radical (unpaired) electrons. The Morgan fingerprint density at radius 2 is 2.29 bits per heavy atom. The van der Waals surface area contributed by atoms with E-state index in [1.165, 1.54) is 0 Å². The van der Waals surface area contributed by atoms with Gasteiger partial charge in [0.05, 0.1) is 18.1 Å². The molecular formula is C24H38BrN3O3. The quantitative estimate of drug-likeness (QED) is 0.525. The summed E-state index contributed by atoms with van der Waals surface area (Å²) in [5.41, 5.74) is 1.95. The molecule has 1 fully saturated rings. The molecule has 174 valence electrons. The van der Waals surface area contributed by atoms with Crippen molar-refractivity contribution in [1.82, 2.24) is 15.2 Å². The van der Waals surface area contributed by atoms with E-state index in [1.54, 1.807) is 7.11 Å². The number of methoxy groups -OCH3 is 1. The van der Waals surface area contributed by atoms with Crippen molar-refractivity contribution in [2.45, 2.75) is 71.6 Å². The van der Waals surface area contributed by atoms with Gasteiger partial charge in [-0.15, -0.1) is 0 Å². The Bertz CT molecular complexity index is 745. The molecule has 1 N–H and O–H groups in total. The van der Waals surface area contributed by atoms with E-state index in [1.807, 2.05) is 6.20 Å². The molecule has 0 aliphatic carbocycles. The topological polar surface area (TPSA) is 63.7 Å². The van der Waals surface area contributed by atoms with Gasteiger partial charge in [0, 0.05) is 55.6 Å². The molecule has 2 aliphatic heterocycles. The highest BCUT2D eigenvalue weighted by Crippen LogP contribution is 2.39. The van der Waals surface area contributed by atoms with Crippen LogP contribution in [0.5, 0.6) is 0 Å². The second-order valence-electron chi connectivity index (χ2n) is 9.20. The molecule has 3 atom stereocenters. The van der Waals surface area contributed by atoms with Crippen molar-refractivity contribution in [3.05, 3.63) is 28.0 Å². The summed E-state index contributed by atoms with van der Waals surface area (Å²) in [6, 6.07) is 2.43. The van der Waals surface area contributed by atoms with E-state index in [0.717, 1.165) is 67.5 Å². The molecule has 2 unspecified atom stereocenters. The van der Waals surface area contributed by atoms with Gasteiger partial charge < -0.3 is 19.7 Å². The van der Waals surface area contributed by atoms with Gasteiger partial charge >= 0.3 is 0 Å². The van der Waals surface area contributed by atoms with Crippen LogP contribution in [-0.2, 0) is 27.2 Å². The van der Waals surface area contributed by atoms with Gasteiger partial charge in [-0.25, -0.2) is 0 Å². The van der Waals surface area contributed by atoms with E-state index in [2.05, 4.69) is 58.0 Å². The lowest BCUT2D eigenvalue weighted by atomic mass is 9.70. The zero-order valence-electron chi connectivity index (χ0n) is 19.5. The van der Waals surface area contributed by atoms with Gasteiger partial charge in [0.1, 0.15) is 0 Å². The van der Waals surface area contributed by atoms with E-state index < -0.39 is 0 Å². The van der Waals surface area contributed by atoms with Crippen LogP contribution in [0.3, 0.4) is 0 Å². The Balaban J connectivity index is 1.62. The molecule has 1 aromatic rings. The van der Waals surface area contributed by atoms with Crippen LogP contribution in [0.1, 0.15) is 57.7 Å². The number of halogens is 1. The second kappa shape index (κ2) is 11.2. The Kier molecular flexibility index (Phi) is 8.91. The van der Waals surface area contributed by atoms with Crippen LogP contribution < -0.4 is 5.32 Å². The number of aromatic nitrogens is 1. The second-order valence-corrected chi connectivity index (χ2v) is 10.1. The van der Waals surface area contributed by atoms with Crippen molar-refractivity contribution in [3.8, 4) is 0 Å². The molecule has 2 aliphatic rings. The summed E-state index contributed by atoms with van der Waals surface area (Å²) in [4.78, 5) is 20.4. The third kappa shape index (κ3) is 5.67. The number of pyridine rings is 1. The van der Waals surface area contributed by atoms with Gasteiger partial charge in [-0.2, -0.15) is 0 Å². The van der Waals surface area contributed by atoms with Crippen LogP contribution in [0.25, 0.3) is 0 Å². The van der Waals surface area contributed by atoms with Crippen molar-refractivity contribution < 1.29 is 14.3 Å². The largest absolute Gasteiger partial charge is 0.379 e. The highest BCUT2D eigenvalue weighted by Gasteiger charge is 2.42. The monoisotopic (exact) mass is 495 g/mol. The van der Waals surface area contributed by atoms with Crippen molar-refractivity contribution in [2.24, 2.45) is 11.3 Å². The van der Waals surface area contributed by atoms with E-state index in [0.29, 0.717) is 31.0 Å². The lowest BCUT2D eigenvalue weighted by Crippen LogP contribution is -2.49. The smallest absolute Gasteiger partial charge is 0.229 e. The van der Waals surface area contributed by atoms with Crippen LogP contribution in [0, 0.1) is 11.3 Å². The van der Waals surface area contributed by atoms with Gasteiger partial charge in [-0.3, -0.25) is 9.78 Å². The molecule has 31 heavy (non-hydrogen) atoms. The number of ether oxygens (including phenoxy) is 2.